The van der Waals surface area contributed by atoms with Crippen molar-refractivity contribution in [1.29, 1.82) is 0 Å². The van der Waals surface area contributed by atoms with Crippen LogP contribution >= 0.6 is 0 Å². The molecule has 0 fully saturated rings. The van der Waals surface area contributed by atoms with Crippen LogP contribution in [-0.4, -0.2) is 46.4 Å². The molecular weight excluding hydrogens is 380 g/mol. The van der Waals surface area contributed by atoms with Gasteiger partial charge in [0.05, 0.1) is 18.5 Å². The molecule has 0 bridgehead atoms. The van der Waals surface area contributed by atoms with E-state index in [4.69, 9.17) is 9.47 Å². The highest BCUT2D eigenvalue weighted by molar-refractivity contribution is 7.92. The fourth-order valence-electron chi connectivity index (χ4n) is 2.96. The summed E-state index contributed by atoms with van der Waals surface area (Å²) >= 11 is 0. The Hall–Kier alpha value is -2.74. The SMILES string of the molecule is Cc1cccc(N(CC(=O)NCC2COc3ccccc3O2)S(C)(=O)=O)c1C. The van der Waals surface area contributed by atoms with Gasteiger partial charge in [0, 0.05) is 0 Å². The Morgan fingerprint density at radius 2 is 1.86 bits per heavy atom. The monoisotopic (exact) mass is 404 g/mol. The molecule has 1 atom stereocenters. The zero-order chi connectivity index (χ0) is 20.3. The minimum atomic E-state index is -3.62. The topological polar surface area (TPSA) is 84.9 Å². The first-order valence-corrected chi connectivity index (χ1v) is 10.8. The molecular formula is C20H24N2O5S. The molecule has 1 aliphatic rings. The largest absolute Gasteiger partial charge is 0.486 e. The molecule has 1 unspecified atom stereocenters. The predicted octanol–water partition coefficient (Wildman–Crippen LogP) is 2.03. The number of aryl methyl sites for hydroxylation is 1. The lowest BCUT2D eigenvalue weighted by molar-refractivity contribution is -0.120. The van der Waals surface area contributed by atoms with Crippen molar-refractivity contribution in [2.24, 2.45) is 0 Å². The van der Waals surface area contributed by atoms with Gasteiger partial charge in [0.15, 0.2) is 11.5 Å². The number of benzene rings is 2. The smallest absolute Gasteiger partial charge is 0.240 e. The van der Waals surface area contributed by atoms with Gasteiger partial charge in [-0.1, -0.05) is 24.3 Å². The Balaban J connectivity index is 1.64. The molecule has 0 saturated carbocycles. The molecule has 1 aliphatic heterocycles. The highest BCUT2D eigenvalue weighted by Crippen LogP contribution is 2.30. The summed E-state index contributed by atoms with van der Waals surface area (Å²) in [5.41, 5.74) is 2.28. The first kappa shape index (κ1) is 20.0. The molecule has 28 heavy (non-hydrogen) atoms. The fourth-order valence-corrected chi connectivity index (χ4v) is 3.87. The number of anilines is 1. The Kier molecular flexibility index (Phi) is 5.79. The second kappa shape index (κ2) is 8.10. The maximum absolute atomic E-state index is 12.4. The average Bonchev–Trinajstić information content (AvgIpc) is 2.66. The number of amides is 1. The molecule has 0 radical (unpaired) electrons. The van der Waals surface area contributed by atoms with Gasteiger partial charge in [0.1, 0.15) is 19.3 Å². The van der Waals surface area contributed by atoms with Gasteiger partial charge in [-0.2, -0.15) is 0 Å². The van der Waals surface area contributed by atoms with E-state index in [1.807, 2.05) is 38.1 Å². The summed E-state index contributed by atoms with van der Waals surface area (Å²) in [4.78, 5) is 12.4. The first-order chi connectivity index (χ1) is 13.3. The Morgan fingerprint density at radius 3 is 2.57 bits per heavy atom. The van der Waals surface area contributed by atoms with E-state index >= 15 is 0 Å². The van der Waals surface area contributed by atoms with Gasteiger partial charge >= 0.3 is 0 Å². The normalized spacial score (nSPS) is 15.8. The maximum atomic E-state index is 12.4. The van der Waals surface area contributed by atoms with Crippen molar-refractivity contribution in [3.8, 4) is 11.5 Å². The number of hydrogen-bond donors (Lipinski definition) is 1. The predicted molar refractivity (Wildman–Crippen MR) is 107 cm³/mol. The molecule has 1 amide bonds. The van der Waals surface area contributed by atoms with E-state index in [2.05, 4.69) is 5.32 Å². The number of nitrogens with zero attached hydrogens (tertiary/aromatic N) is 1. The highest BCUT2D eigenvalue weighted by Gasteiger charge is 2.25. The van der Waals surface area contributed by atoms with E-state index in [0.29, 0.717) is 23.8 Å². The number of para-hydroxylation sites is 2. The van der Waals surface area contributed by atoms with Crippen LogP contribution < -0.4 is 19.1 Å². The lowest BCUT2D eigenvalue weighted by Crippen LogP contribution is -2.45. The number of hydrogen-bond acceptors (Lipinski definition) is 5. The molecule has 150 valence electrons. The van der Waals surface area contributed by atoms with Crippen molar-refractivity contribution in [1.82, 2.24) is 5.32 Å². The summed E-state index contributed by atoms with van der Waals surface area (Å²) < 4.78 is 37.1. The van der Waals surface area contributed by atoms with Crippen molar-refractivity contribution < 1.29 is 22.7 Å². The van der Waals surface area contributed by atoms with Crippen molar-refractivity contribution in [2.75, 3.05) is 30.3 Å². The van der Waals surface area contributed by atoms with Crippen LogP contribution in [-0.2, 0) is 14.8 Å². The standard InChI is InChI=1S/C20H24N2O5S/c1-14-7-6-8-17(15(14)2)22(28(3,24)25)12-20(23)21-11-16-13-26-18-9-4-5-10-19(18)27-16/h4-10,16H,11-13H2,1-3H3,(H,21,23). The number of carbonyl (C=O) groups excluding carboxylic acids is 1. The van der Waals surface area contributed by atoms with E-state index in [0.717, 1.165) is 21.7 Å². The summed E-state index contributed by atoms with van der Waals surface area (Å²) in [6, 6.07) is 12.7. The summed E-state index contributed by atoms with van der Waals surface area (Å²) in [6.07, 6.45) is 0.753. The van der Waals surface area contributed by atoms with Gasteiger partial charge < -0.3 is 14.8 Å². The third kappa shape index (κ3) is 4.56. The van der Waals surface area contributed by atoms with E-state index in [9.17, 15) is 13.2 Å². The third-order valence-corrected chi connectivity index (χ3v) is 5.75. The van der Waals surface area contributed by atoms with Gasteiger partial charge in [-0.15, -0.1) is 0 Å². The van der Waals surface area contributed by atoms with Crippen LogP contribution in [0.3, 0.4) is 0 Å². The zero-order valence-electron chi connectivity index (χ0n) is 16.1. The zero-order valence-corrected chi connectivity index (χ0v) is 17.0. The molecule has 1 heterocycles. The van der Waals surface area contributed by atoms with Crippen molar-refractivity contribution in [2.45, 2.75) is 20.0 Å². The number of fused-ring (bicyclic) bond motifs is 1. The molecule has 0 saturated heterocycles. The van der Waals surface area contributed by atoms with Gasteiger partial charge in [-0.3, -0.25) is 9.10 Å². The van der Waals surface area contributed by atoms with Gasteiger partial charge in [-0.05, 0) is 43.2 Å². The molecule has 2 aromatic carbocycles. The molecule has 1 N–H and O–H groups in total. The van der Waals surface area contributed by atoms with Crippen LogP contribution in [0.2, 0.25) is 0 Å². The summed E-state index contributed by atoms with van der Waals surface area (Å²) in [6.45, 7) is 3.97. The van der Waals surface area contributed by atoms with E-state index in [-0.39, 0.29) is 19.2 Å². The average molecular weight is 404 g/mol. The Morgan fingerprint density at radius 1 is 1.14 bits per heavy atom. The van der Waals surface area contributed by atoms with Crippen LogP contribution in [0.4, 0.5) is 5.69 Å². The number of carbonyl (C=O) groups is 1. The van der Waals surface area contributed by atoms with Crippen molar-refractivity contribution in [3.05, 3.63) is 53.6 Å². The molecule has 7 nitrogen and oxygen atoms in total. The summed E-state index contributed by atoms with van der Waals surface area (Å²) in [5, 5.41) is 2.74. The Bertz CT molecular complexity index is 974. The summed E-state index contributed by atoms with van der Waals surface area (Å²) in [5.74, 6) is 0.887. The third-order valence-electron chi connectivity index (χ3n) is 4.63. The second-order valence-corrected chi connectivity index (χ2v) is 8.70. The molecule has 8 heteroatoms. The van der Waals surface area contributed by atoms with Gasteiger partial charge in [-0.25, -0.2) is 8.42 Å². The molecule has 3 rings (SSSR count). The van der Waals surface area contributed by atoms with Crippen LogP contribution in [0.25, 0.3) is 0 Å². The quantitative estimate of drug-likeness (QED) is 0.796. The number of rotatable bonds is 6. The minimum absolute atomic E-state index is 0.220. The molecule has 2 aromatic rings. The van der Waals surface area contributed by atoms with Gasteiger partial charge in [0.2, 0.25) is 15.9 Å². The molecule has 0 aromatic heterocycles. The Labute approximate surface area is 165 Å². The fraction of sp³-hybridized carbons (Fsp3) is 0.350. The van der Waals surface area contributed by atoms with Crippen LogP contribution in [0.15, 0.2) is 42.5 Å². The maximum Gasteiger partial charge on any atom is 0.240 e. The highest BCUT2D eigenvalue weighted by atomic mass is 32.2. The van der Waals surface area contributed by atoms with Crippen LogP contribution in [0, 0.1) is 13.8 Å². The van der Waals surface area contributed by atoms with Crippen LogP contribution in [0.1, 0.15) is 11.1 Å². The molecule has 0 aliphatic carbocycles. The lowest BCUT2D eigenvalue weighted by Gasteiger charge is -2.27. The number of ether oxygens (including phenoxy) is 2. The first-order valence-electron chi connectivity index (χ1n) is 8.95. The van der Waals surface area contributed by atoms with Gasteiger partial charge in [0.25, 0.3) is 0 Å². The number of sulfonamides is 1. The lowest BCUT2D eigenvalue weighted by atomic mass is 10.1. The minimum Gasteiger partial charge on any atom is -0.486 e. The van der Waals surface area contributed by atoms with Crippen molar-refractivity contribution in [3.63, 3.8) is 0 Å². The van der Waals surface area contributed by atoms with E-state index < -0.39 is 15.9 Å². The van der Waals surface area contributed by atoms with Crippen molar-refractivity contribution >= 4 is 21.6 Å². The second-order valence-electron chi connectivity index (χ2n) is 6.79. The molecule has 0 spiro atoms. The van der Waals surface area contributed by atoms with E-state index in [1.165, 1.54) is 0 Å². The van der Waals surface area contributed by atoms with E-state index in [1.54, 1.807) is 18.2 Å². The number of nitrogens with one attached hydrogen (secondary N) is 1. The van der Waals surface area contributed by atoms with Crippen LogP contribution in [0.5, 0.6) is 11.5 Å². The summed E-state index contributed by atoms with van der Waals surface area (Å²) in [7, 11) is -3.62.